The van der Waals surface area contributed by atoms with Crippen LogP contribution in [0.2, 0.25) is 0 Å². The molecule has 0 fully saturated rings. The number of hydrogen-bond donors (Lipinski definition) is 1. The predicted molar refractivity (Wildman–Crippen MR) is 94.4 cm³/mol. The maximum Gasteiger partial charge on any atom is 0.190 e. The molecule has 0 amide bonds. The number of nitrogens with one attached hydrogen (secondary N) is 1. The zero-order chi connectivity index (χ0) is 15.8. The first-order valence-corrected chi connectivity index (χ1v) is 8.51. The van der Waals surface area contributed by atoms with Crippen LogP contribution in [0.1, 0.15) is 69.2 Å². The molecule has 22 heavy (non-hydrogen) atoms. The number of rotatable bonds is 9. The second-order valence-corrected chi connectivity index (χ2v) is 6.02. The Hall–Kier alpha value is -1.83. The second-order valence-electron chi connectivity index (χ2n) is 6.02. The average molecular weight is 297 g/mol. The summed E-state index contributed by atoms with van der Waals surface area (Å²) in [6.07, 6.45) is 12.7. The van der Waals surface area contributed by atoms with Crippen molar-refractivity contribution in [3.63, 3.8) is 0 Å². The van der Waals surface area contributed by atoms with Crippen molar-refractivity contribution >= 4 is 16.7 Å². The minimum Gasteiger partial charge on any atom is -0.360 e. The molecule has 2 heteroatoms. The summed E-state index contributed by atoms with van der Waals surface area (Å²) in [7, 11) is 0. The first kappa shape index (κ1) is 16.5. The van der Waals surface area contributed by atoms with Crippen LogP contribution in [0, 0.1) is 0 Å². The van der Waals surface area contributed by atoms with Gasteiger partial charge in [-0.2, -0.15) is 0 Å². The Morgan fingerprint density at radius 3 is 2.64 bits per heavy atom. The van der Waals surface area contributed by atoms with Crippen molar-refractivity contribution in [3.05, 3.63) is 47.7 Å². The third-order valence-electron chi connectivity index (χ3n) is 4.20. The molecule has 118 valence electrons. The average Bonchev–Trinajstić information content (AvgIpc) is 2.97. The van der Waals surface area contributed by atoms with E-state index >= 15 is 0 Å². The largest absolute Gasteiger partial charge is 0.360 e. The van der Waals surface area contributed by atoms with Crippen LogP contribution in [0.4, 0.5) is 0 Å². The normalized spacial score (nSPS) is 12.0. The molecule has 0 radical (unpaired) electrons. The Morgan fingerprint density at radius 2 is 1.82 bits per heavy atom. The van der Waals surface area contributed by atoms with E-state index in [0.29, 0.717) is 0 Å². The standard InChI is InChI=1S/C20H27NO/c1-3-4-5-6-7-8-9-12-16(2)20(22)18-15-21-19-14-11-10-13-17(18)19/h10-15,21H,3-9H2,1-2H3/b16-12+. The van der Waals surface area contributed by atoms with Gasteiger partial charge in [0.1, 0.15) is 0 Å². The van der Waals surface area contributed by atoms with Crippen molar-refractivity contribution < 1.29 is 4.79 Å². The lowest BCUT2D eigenvalue weighted by Gasteiger charge is -2.01. The van der Waals surface area contributed by atoms with Crippen molar-refractivity contribution in [1.82, 2.24) is 4.98 Å². The van der Waals surface area contributed by atoms with E-state index in [1.54, 1.807) is 0 Å². The second kappa shape index (κ2) is 8.57. The van der Waals surface area contributed by atoms with Crippen LogP contribution in [-0.4, -0.2) is 10.8 Å². The van der Waals surface area contributed by atoms with E-state index in [9.17, 15) is 4.79 Å². The lowest BCUT2D eigenvalue weighted by Crippen LogP contribution is -1.99. The fraction of sp³-hybridized carbons (Fsp3) is 0.450. The first-order valence-electron chi connectivity index (χ1n) is 8.51. The molecule has 0 aliphatic carbocycles. The van der Waals surface area contributed by atoms with Crippen LogP contribution < -0.4 is 0 Å². The summed E-state index contributed by atoms with van der Waals surface area (Å²) in [6.45, 7) is 4.17. The smallest absolute Gasteiger partial charge is 0.190 e. The van der Waals surface area contributed by atoms with Crippen molar-refractivity contribution in [2.45, 2.75) is 58.8 Å². The summed E-state index contributed by atoms with van der Waals surface area (Å²) < 4.78 is 0. The van der Waals surface area contributed by atoms with Gasteiger partial charge in [0.2, 0.25) is 0 Å². The SMILES string of the molecule is CCCCCCCC/C=C(\C)C(=O)c1c[nH]c2ccccc12. The molecule has 0 saturated carbocycles. The molecule has 0 saturated heterocycles. The van der Waals surface area contributed by atoms with Crippen molar-refractivity contribution in [2.24, 2.45) is 0 Å². The Morgan fingerprint density at radius 1 is 1.09 bits per heavy atom. The lowest BCUT2D eigenvalue weighted by atomic mass is 10.0. The Kier molecular flexibility index (Phi) is 6.45. The number of benzene rings is 1. The van der Waals surface area contributed by atoms with Crippen molar-refractivity contribution in [3.8, 4) is 0 Å². The zero-order valence-corrected chi connectivity index (χ0v) is 13.8. The molecule has 1 aromatic carbocycles. The van der Waals surface area contributed by atoms with Gasteiger partial charge < -0.3 is 4.98 Å². The molecule has 2 nitrogen and oxygen atoms in total. The minimum absolute atomic E-state index is 0.142. The number of hydrogen-bond acceptors (Lipinski definition) is 1. The van der Waals surface area contributed by atoms with Gasteiger partial charge in [-0.3, -0.25) is 4.79 Å². The van der Waals surface area contributed by atoms with Crippen LogP contribution in [0.15, 0.2) is 42.1 Å². The molecule has 2 rings (SSSR count). The van der Waals surface area contributed by atoms with Gasteiger partial charge in [0.25, 0.3) is 0 Å². The van der Waals surface area contributed by atoms with Crippen LogP contribution >= 0.6 is 0 Å². The molecular weight excluding hydrogens is 270 g/mol. The summed E-state index contributed by atoms with van der Waals surface area (Å²) in [5, 5.41) is 1.01. The molecule has 0 bridgehead atoms. The minimum atomic E-state index is 0.142. The topological polar surface area (TPSA) is 32.9 Å². The highest BCUT2D eigenvalue weighted by molar-refractivity contribution is 6.15. The number of allylic oxidation sites excluding steroid dienone is 2. The fourth-order valence-corrected chi connectivity index (χ4v) is 2.81. The van der Waals surface area contributed by atoms with Crippen LogP contribution in [0.25, 0.3) is 10.9 Å². The summed E-state index contributed by atoms with van der Waals surface area (Å²) >= 11 is 0. The summed E-state index contributed by atoms with van der Waals surface area (Å²) in [5.41, 5.74) is 2.67. The van der Waals surface area contributed by atoms with Crippen LogP contribution in [-0.2, 0) is 0 Å². The molecule has 2 aromatic rings. The maximum atomic E-state index is 12.5. The van der Waals surface area contributed by atoms with Gasteiger partial charge in [-0.05, 0) is 31.4 Å². The molecule has 0 unspecified atom stereocenters. The molecule has 1 aromatic heterocycles. The summed E-state index contributed by atoms with van der Waals surface area (Å²) in [6, 6.07) is 7.96. The monoisotopic (exact) mass is 297 g/mol. The molecule has 0 atom stereocenters. The fourth-order valence-electron chi connectivity index (χ4n) is 2.81. The molecule has 0 spiro atoms. The maximum absolute atomic E-state index is 12.5. The molecular formula is C20H27NO. The van der Waals surface area contributed by atoms with Gasteiger partial charge >= 0.3 is 0 Å². The van der Waals surface area contributed by atoms with Gasteiger partial charge in [0.15, 0.2) is 5.78 Å². The number of unbranched alkanes of at least 4 members (excludes halogenated alkanes) is 6. The Bertz CT molecular complexity index is 636. The van der Waals surface area contributed by atoms with Crippen molar-refractivity contribution in [2.75, 3.05) is 0 Å². The molecule has 1 N–H and O–H groups in total. The van der Waals surface area contributed by atoms with E-state index in [1.165, 1.54) is 38.5 Å². The number of aromatic amines is 1. The first-order chi connectivity index (χ1) is 10.7. The van der Waals surface area contributed by atoms with Gasteiger partial charge in [-0.15, -0.1) is 0 Å². The number of aromatic nitrogens is 1. The predicted octanol–water partition coefficient (Wildman–Crippen LogP) is 6.05. The molecule has 1 heterocycles. The number of para-hydroxylation sites is 1. The molecule has 0 aliphatic heterocycles. The highest BCUT2D eigenvalue weighted by Crippen LogP contribution is 2.21. The van der Waals surface area contributed by atoms with E-state index in [2.05, 4.69) is 18.0 Å². The van der Waals surface area contributed by atoms with Gasteiger partial charge in [0.05, 0.1) is 0 Å². The van der Waals surface area contributed by atoms with E-state index < -0.39 is 0 Å². The van der Waals surface area contributed by atoms with Gasteiger partial charge in [0, 0.05) is 22.7 Å². The number of H-pyrrole nitrogens is 1. The highest BCUT2D eigenvalue weighted by atomic mass is 16.1. The summed E-state index contributed by atoms with van der Waals surface area (Å²) in [5.74, 6) is 0.142. The van der Waals surface area contributed by atoms with E-state index in [1.807, 2.05) is 37.4 Å². The number of ketones is 1. The van der Waals surface area contributed by atoms with Crippen LogP contribution in [0.3, 0.4) is 0 Å². The Balaban J connectivity index is 1.87. The van der Waals surface area contributed by atoms with E-state index in [4.69, 9.17) is 0 Å². The third-order valence-corrected chi connectivity index (χ3v) is 4.20. The number of Topliss-reactive ketones (excluding diaryl/α,β-unsaturated/α-hetero) is 1. The summed E-state index contributed by atoms with van der Waals surface area (Å²) in [4.78, 5) is 15.7. The highest BCUT2D eigenvalue weighted by Gasteiger charge is 2.12. The Labute approximate surface area is 133 Å². The van der Waals surface area contributed by atoms with Gasteiger partial charge in [-0.25, -0.2) is 0 Å². The lowest BCUT2D eigenvalue weighted by molar-refractivity contribution is 0.103. The third kappa shape index (κ3) is 4.33. The number of carbonyl (C=O) groups excluding carboxylic acids is 1. The van der Waals surface area contributed by atoms with Crippen molar-refractivity contribution in [1.29, 1.82) is 0 Å². The number of fused-ring (bicyclic) bond motifs is 1. The van der Waals surface area contributed by atoms with Crippen LogP contribution in [0.5, 0.6) is 0 Å². The van der Waals surface area contributed by atoms with E-state index in [-0.39, 0.29) is 5.78 Å². The molecule has 0 aliphatic rings. The number of carbonyl (C=O) groups is 1. The van der Waals surface area contributed by atoms with Gasteiger partial charge in [-0.1, -0.05) is 63.3 Å². The van der Waals surface area contributed by atoms with E-state index in [0.717, 1.165) is 28.5 Å². The quantitative estimate of drug-likeness (QED) is 0.341. The zero-order valence-electron chi connectivity index (χ0n) is 13.8.